The molecule has 0 aliphatic carbocycles. The highest BCUT2D eigenvalue weighted by Gasteiger charge is 2.29. The van der Waals surface area contributed by atoms with Crippen molar-refractivity contribution in [3.8, 4) is 0 Å². The smallest absolute Gasteiger partial charge is 0.289 e. The van der Waals surface area contributed by atoms with Crippen LogP contribution in [0.2, 0.25) is 5.02 Å². The normalized spacial score (nSPS) is 11.3. The minimum atomic E-state index is -1.40. The zero-order chi connectivity index (χ0) is 13.8. The summed E-state index contributed by atoms with van der Waals surface area (Å²) in [5.41, 5.74) is -1.68. The third kappa shape index (κ3) is 3.05. The average molecular weight is 278 g/mol. The second-order valence-electron chi connectivity index (χ2n) is 3.66. The van der Waals surface area contributed by atoms with E-state index >= 15 is 0 Å². The molecule has 0 saturated heterocycles. The van der Waals surface area contributed by atoms with Crippen LogP contribution in [-0.4, -0.2) is 50.6 Å². The first-order valence-corrected chi connectivity index (χ1v) is 5.26. The molecule has 0 amide bonds. The third-order valence-corrected chi connectivity index (χ3v) is 2.62. The van der Waals surface area contributed by atoms with E-state index in [4.69, 9.17) is 26.9 Å². The Morgan fingerprint density at radius 1 is 1.39 bits per heavy atom. The zero-order valence-electron chi connectivity index (χ0n) is 9.21. The third-order valence-electron chi connectivity index (χ3n) is 2.33. The highest BCUT2D eigenvalue weighted by atomic mass is 35.5. The van der Waals surface area contributed by atoms with E-state index in [-0.39, 0.29) is 16.5 Å². The molecular formula is C9H12ClN3O5. The van der Waals surface area contributed by atoms with Gasteiger partial charge in [0.05, 0.1) is 29.8 Å². The lowest BCUT2D eigenvalue weighted by Gasteiger charge is -2.29. The van der Waals surface area contributed by atoms with E-state index < -0.39 is 30.3 Å². The molecule has 0 spiro atoms. The van der Waals surface area contributed by atoms with E-state index in [1.807, 2.05) is 0 Å². The molecule has 0 saturated carbocycles. The minimum absolute atomic E-state index is 0.0272. The number of nitro groups is 1. The minimum Gasteiger partial charge on any atom is -0.394 e. The monoisotopic (exact) mass is 277 g/mol. The molecule has 9 heteroatoms. The second kappa shape index (κ2) is 5.91. The molecule has 1 aromatic heterocycles. The van der Waals surface area contributed by atoms with Gasteiger partial charge in [-0.05, 0) is 0 Å². The van der Waals surface area contributed by atoms with Crippen LogP contribution >= 0.6 is 11.6 Å². The highest BCUT2D eigenvalue weighted by Crippen LogP contribution is 2.26. The number of nitrogens with one attached hydrogen (secondary N) is 1. The van der Waals surface area contributed by atoms with Crippen LogP contribution in [0, 0.1) is 10.1 Å². The van der Waals surface area contributed by atoms with Crippen molar-refractivity contribution in [2.24, 2.45) is 0 Å². The number of aliphatic hydroxyl groups is 3. The summed E-state index contributed by atoms with van der Waals surface area (Å²) in [6.45, 7) is -1.68. The standard InChI is InChI=1S/C9H12ClN3O5/c10-7-1-6(13(17)18)2-11-8(7)12-9(3-14,4-15)5-16/h1-2,14-16H,3-5H2,(H,11,12). The summed E-state index contributed by atoms with van der Waals surface area (Å²) in [7, 11) is 0. The van der Waals surface area contributed by atoms with Crippen LogP contribution in [0.1, 0.15) is 0 Å². The van der Waals surface area contributed by atoms with Gasteiger partial charge in [-0.1, -0.05) is 11.6 Å². The molecule has 1 rings (SSSR count). The molecule has 0 unspecified atom stereocenters. The Morgan fingerprint density at radius 2 is 1.94 bits per heavy atom. The SMILES string of the molecule is O=[N+]([O-])c1cnc(NC(CO)(CO)CO)c(Cl)c1. The number of hydrogen-bond donors (Lipinski definition) is 4. The molecule has 4 N–H and O–H groups in total. The van der Waals surface area contributed by atoms with Crippen LogP contribution < -0.4 is 5.32 Å². The highest BCUT2D eigenvalue weighted by molar-refractivity contribution is 6.33. The fourth-order valence-corrected chi connectivity index (χ4v) is 1.35. The number of halogens is 1. The number of aliphatic hydroxyl groups excluding tert-OH is 3. The van der Waals surface area contributed by atoms with Gasteiger partial charge in [-0.25, -0.2) is 4.98 Å². The van der Waals surface area contributed by atoms with Crippen molar-refractivity contribution < 1.29 is 20.2 Å². The van der Waals surface area contributed by atoms with Crippen LogP contribution in [0.15, 0.2) is 12.3 Å². The van der Waals surface area contributed by atoms with Crippen molar-refractivity contribution in [3.05, 3.63) is 27.4 Å². The lowest BCUT2D eigenvalue weighted by Crippen LogP contribution is -2.49. The second-order valence-corrected chi connectivity index (χ2v) is 4.07. The number of anilines is 1. The molecule has 100 valence electrons. The maximum Gasteiger partial charge on any atom is 0.289 e. The Kier molecular flexibility index (Phi) is 4.79. The summed E-state index contributed by atoms with van der Waals surface area (Å²) >= 11 is 5.78. The van der Waals surface area contributed by atoms with E-state index in [0.29, 0.717) is 0 Å². The topological polar surface area (TPSA) is 129 Å². The lowest BCUT2D eigenvalue weighted by molar-refractivity contribution is -0.385. The Labute approximate surface area is 107 Å². The number of pyridine rings is 1. The molecule has 1 heterocycles. The van der Waals surface area contributed by atoms with Crippen LogP contribution in [0.3, 0.4) is 0 Å². The first-order chi connectivity index (χ1) is 8.48. The van der Waals surface area contributed by atoms with Crippen molar-refractivity contribution >= 4 is 23.1 Å². The summed E-state index contributed by atoms with van der Waals surface area (Å²) in [4.78, 5) is 13.5. The van der Waals surface area contributed by atoms with E-state index in [1.54, 1.807) is 0 Å². The van der Waals surface area contributed by atoms with Crippen LogP contribution in [-0.2, 0) is 0 Å². The number of nitrogens with zero attached hydrogens (tertiary/aromatic N) is 2. The summed E-state index contributed by atoms with van der Waals surface area (Å²) < 4.78 is 0. The number of rotatable bonds is 6. The van der Waals surface area contributed by atoms with Crippen molar-refractivity contribution in [1.82, 2.24) is 4.98 Å². The van der Waals surface area contributed by atoms with E-state index in [2.05, 4.69) is 10.3 Å². The van der Waals surface area contributed by atoms with Gasteiger partial charge in [0.25, 0.3) is 5.69 Å². The quantitative estimate of drug-likeness (QED) is 0.417. The van der Waals surface area contributed by atoms with E-state index in [1.165, 1.54) is 0 Å². The maximum absolute atomic E-state index is 10.5. The van der Waals surface area contributed by atoms with Gasteiger partial charge in [-0.2, -0.15) is 0 Å². The predicted molar refractivity (Wildman–Crippen MR) is 63.5 cm³/mol. The van der Waals surface area contributed by atoms with Gasteiger partial charge >= 0.3 is 0 Å². The molecule has 18 heavy (non-hydrogen) atoms. The van der Waals surface area contributed by atoms with Gasteiger partial charge in [0.15, 0.2) is 0 Å². The first-order valence-electron chi connectivity index (χ1n) is 4.88. The van der Waals surface area contributed by atoms with Crippen molar-refractivity contribution in [2.45, 2.75) is 5.54 Å². The summed E-state index contributed by atoms with van der Waals surface area (Å²) in [6.07, 6.45) is 0.977. The van der Waals surface area contributed by atoms with Gasteiger partial charge in [-0.3, -0.25) is 10.1 Å². The van der Waals surface area contributed by atoms with Crippen molar-refractivity contribution in [1.29, 1.82) is 0 Å². The fraction of sp³-hybridized carbons (Fsp3) is 0.444. The molecule has 8 nitrogen and oxygen atoms in total. The van der Waals surface area contributed by atoms with Crippen molar-refractivity contribution in [3.63, 3.8) is 0 Å². The Balaban J connectivity index is 3.01. The molecule has 1 aromatic rings. The molecule has 0 aliphatic rings. The van der Waals surface area contributed by atoms with Crippen LogP contribution in [0.25, 0.3) is 0 Å². The fourth-order valence-electron chi connectivity index (χ4n) is 1.14. The van der Waals surface area contributed by atoms with Gasteiger partial charge in [0.1, 0.15) is 17.6 Å². The van der Waals surface area contributed by atoms with E-state index in [0.717, 1.165) is 12.3 Å². The molecule has 0 atom stereocenters. The summed E-state index contributed by atoms with van der Waals surface area (Å²) in [5.74, 6) is 0.0272. The Hall–Kier alpha value is -1.48. The average Bonchev–Trinajstić information content (AvgIpc) is 2.38. The van der Waals surface area contributed by atoms with Gasteiger partial charge in [0.2, 0.25) is 0 Å². The molecule has 0 bridgehead atoms. The van der Waals surface area contributed by atoms with Gasteiger partial charge in [-0.15, -0.1) is 0 Å². The molecular weight excluding hydrogens is 266 g/mol. The summed E-state index contributed by atoms with van der Waals surface area (Å²) in [6, 6.07) is 1.08. The molecule has 0 aliphatic heterocycles. The first kappa shape index (κ1) is 14.6. The summed E-state index contributed by atoms with van der Waals surface area (Å²) in [5, 5.41) is 40.3. The van der Waals surface area contributed by atoms with Crippen molar-refractivity contribution in [2.75, 3.05) is 25.1 Å². The number of hydrogen-bond acceptors (Lipinski definition) is 7. The molecule has 0 radical (unpaired) electrons. The van der Waals surface area contributed by atoms with Crippen LogP contribution in [0.4, 0.5) is 11.5 Å². The predicted octanol–water partition coefficient (Wildman–Crippen LogP) is -0.229. The molecule has 0 aromatic carbocycles. The Morgan fingerprint density at radius 3 is 2.33 bits per heavy atom. The van der Waals surface area contributed by atoms with Gasteiger partial charge < -0.3 is 20.6 Å². The largest absolute Gasteiger partial charge is 0.394 e. The van der Waals surface area contributed by atoms with E-state index in [9.17, 15) is 10.1 Å². The van der Waals surface area contributed by atoms with Crippen LogP contribution in [0.5, 0.6) is 0 Å². The number of aromatic nitrogens is 1. The zero-order valence-corrected chi connectivity index (χ0v) is 9.96. The Bertz CT molecular complexity index is 430. The lowest BCUT2D eigenvalue weighted by atomic mass is 10.0. The molecule has 0 fully saturated rings. The maximum atomic E-state index is 10.5. The van der Waals surface area contributed by atoms with Gasteiger partial charge in [0, 0.05) is 6.07 Å².